The average Bonchev–Trinajstić information content (AvgIpc) is 3.28. The van der Waals surface area contributed by atoms with E-state index < -0.39 is 0 Å². The number of fused-ring (bicyclic) bond motifs is 1. The van der Waals surface area contributed by atoms with Crippen LogP contribution in [0.15, 0.2) is 30.3 Å². The Balaban J connectivity index is 1.57. The van der Waals surface area contributed by atoms with Crippen LogP contribution in [0.4, 0.5) is 5.95 Å². The first-order chi connectivity index (χ1) is 13.7. The lowest BCUT2D eigenvalue weighted by atomic mass is 9.98. The fourth-order valence-electron chi connectivity index (χ4n) is 4.26. The molecule has 0 saturated carbocycles. The van der Waals surface area contributed by atoms with Crippen molar-refractivity contribution in [1.29, 1.82) is 0 Å². The average molecular weight is 380 g/mol. The summed E-state index contributed by atoms with van der Waals surface area (Å²) in [4.78, 5) is 26.7. The Morgan fingerprint density at radius 1 is 1.14 bits per heavy atom. The van der Waals surface area contributed by atoms with Crippen LogP contribution in [0.5, 0.6) is 0 Å². The highest BCUT2D eigenvalue weighted by Crippen LogP contribution is 2.26. The van der Waals surface area contributed by atoms with Crippen molar-refractivity contribution >= 4 is 11.9 Å². The molecule has 148 valence electrons. The van der Waals surface area contributed by atoms with Crippen molar-refractivity contribution in [1.82, 2.24) is 19.8 Å². The zero-order chi connectivity index (χ0) is 19.5. The summed E-state index contributed by atoms with van der Waals surface area (Å²) in [5.41, 5.74) is 3.98. The number of hydrogen-bond acceptors (Lipinski definition) is 5. The fourth-order valence-corrected chi connectivity index (χ4v) is 4.26. The Bertz CT molecular complexity index is 832. The number of anilines is 1. The number of nitrogens with zero attached hydrogens (tertiary/aromatic N) is 4. The van der Waals surface area contributed by atoms with Crippen LogP contribution in [0.3, 0.4) is 0 Å². The first kappa shape index (κ1) is 18.9. The molecule has 0 radical (unpaired) electrons. The molecule has 0 spiro atoms. The van der Waals surface area contributed by atoms with E-state index in [1.54, 1.807) is 0 Å². The first-order valence-corrected chi connectivity index (χ1v) is 10.3. The number of carbonyl (C=O) groups excluding carboxylic acids is 1. The van der Waals surface area contributed by atoms with Crippen LogP contribution >= 0.6 is 0 Å². The smallest absolute Gasteiger partial charge is 0.273 e. The van der Waals surface area contributed by atoms with Crippen LogP contribution in [0.2, 0.25) is 0 Å². The maximum Gasteiger partial charge on any atom is 0.273 e. The number of amides is 1. The third-order valence-corrected chi connectivity index (χ3v) is 5.86. The van der Waals surface area contributed by atoms with Gasteiger partial charge in [-0.1, -0.05) is 37.3 Å². The second kappa shape index (κ2) is 8.27. The molecule has 1 N–H and O–H groups in total. The molecule has 28 heavy (non-hydrogen) atoms. The van der Waals surface area contributed by atoms with Gasteiger partial charge in [0.2, 0.25) is 5.95 Å². The molecule has 0 unspecified atom stereocenters. The molecule has 0 bridgehead atoms. The summed E-state index contributed by atoms with van der Waals surface area (Å²) in [6.45, 7) is 6.60. The van der Waals surface area contributed by atoms with Crippen LogP contribution in [0, 0.1) is 0 Å². The van der Waals surface area contributed by atoms with E-state index in [9.17, 15) is 4.79 Å². The SMILES string of the molecule is CNc1nc2c(c(C(=O)N3CCCC3)n1)CN(C[C@@H](C)c1ccccc1)CC2. The second-order valence-electron chi connectivity index (χ2n) is 7.87. The quantitative estimate of drug-likeness (QED) is 0.866. The molecule has 3 heterocycles. The Hall–Kier alpha value is -2.47. The van der Waals surface area contributed by atoms with Crippen LogP contribution in [0.25, 0.3) is 0 Å². The molecule has 1 saturated heterocycles. The summed E-state index contributed by atoms with van der Waals surface area (Å²) >= 11 is 0. The van der Waals surface area contributed by atoms with E-state index in [-0.39, 0.29) is 5.91 Å². The number of hydrogen-bond donors (Lipinski definition) is 1. The van der Waals surface area contributed by atoms with E-state index in [4.69, 9.17) is 0 Å². The maximum atomic E-state index is 13.1. The third kappa shape index (κ3) is 3.87. The van der Waals surface area contributed by atoms with E-state index in [0.29, 0.717) is 17.6 Å². The van der Waals surface area contributed by atoms with Crippen molar-refractivity contribution in [3.05, 3.63) is 52.8 Å². The highest BCUT2D eigenvalue weighted by atomic mass is 16.2. The van der Waals surface area contributed by atoms with Gasteiger partial charge in [0.1, 0.15) is 5.69 Å². The van der Waals surface area contributed by atoms with Crippen LogP contribution in [-0.2, 0) is 13.0 Å². The standard InChI is InChI=1S/C22H29N5O/c1-16(17-8-4-3-5-9-17)14-26-13-10-19-18(15-26)20(25-22(23-2)24-19)21(28)27-11-6-7-12-27/h3-5,8-9,16H,6-7,10-15H2,1-2H3,(H,23,24,25)/t16-/m1/s1. The van der Waals surface area contributed by atoms with E-state index >= 15 is 0 Å². The lowest BCUT2D eigenvalue weighted by molar-refractivity contribution is 0.0783. The number of rotatable bonds is 5. The predicted octanol–water partition coefficient (Wildman–Crippen LogP) is 2.92. The minimum absolute atomic E-state index is 0.0607. The molecule has 2 aromatic rings. The van der Waals surface area contributed by atoms with Gasteiger partial charge >= 0.3 is 0 Å². The molecule has 2 aliphatic rings. The zero-order valence-electron chi connectivity index (χ0n) is 16.8. The van der Waals surface area contributed by atoms with Gasteiger partial charge in [-0.25, -0.2) is 9.97 Å². The van der Waals surface area contributed by atoms with Crippen molar-refractivity contribution in [2.75, 3.05) is 38.5 Å². The number of likely N-dealkylation sites (tertiary alicyclic amines) is 1. The van der Waals surface area contributed by atoms with E-state index in [0.717, 1.165) is 63.2 Å². The molecule has 1 atom stereocenters. The van der Waals surface area contributed by atoms with Crippen molar-refractivity contribution in [2.24, 2.45) is 0 Å². The van der Waals surface area contributed by atoms with Gasteiger partial charge in [-0.05, 0) is 24.3 Å². The monoisotopic (exact) mass is 379 g/mol. The van der Waals surface area contributed by atoms with Crippen LogP contribution in [0.1, 0.15) is 53.0 Å². The van der Waals surface area contributed by atoms with Gasteiger partial charge in [0.05, 0.1) is 5.69 Å². The molecular formula is C22H29N5O. The van der Waals surface area contributed by atoms with Crippen molar-refractivity contribution in [3.8, 4) is 0 Å². The Labute approximate surface area is 167 Å². The molecule has 2 aliphatic heterocycles. The topological polar surface area (TPSA) is 61.4 Å². The van der Waals surface area contributed by atoms with Crippen molar-refractivity contribution in [3.63, 3.8) is 0 Å². The normalized spacial score (nSPS) is 18.0. The molecule has 6 heteroatoms. The summed E-state index contributed by atoms with van der Waals surface area (Å²) in [5.74, 6) is 1.05. The number of nitrogens with one attached hydrogen (secondary N) is 1. The summed E-state index contributed by atoms with van der Waals surface area (Å²) in [6, 6.07) is 10.6. The lowest BCUT2D eigenvalue weighted by Crippen LogP contribution is -2.37. The Kier molecular flexibility index (Phi) is 5.57. The summed E-state index contributed by atoms with van der Waals surface area (Å²) in [5, 5.41) is 3.02. The summed E-state index contributed by atoms with van der Waals surface area (Å²) < 4.78 is 0. The number of carbonyl (C=O) groups is 1. The minimum atomic E-state index is 0.0607. The maximum absolute atomic E-state index is 13.1. The fraction of sp³-hybridized carbons (Fsp3) is 0.500. The summed E-state index contributed by atoms with van der Waals surface area (Å²) in [7, 11) is 1.81. The van der Waals surface area contributed by atoms with Crippen molar-refractivity contribution in [2.45, 2.75) is 38.6 Å². The van der Waals surface area contributed by atoms with Crippen LogP contribution in [-0.4, -0.2) is 58.9 Å². The van der Waals surface area contributed by atoms with E-state index in [1.165, 1.54) is 5.56 Å². The van der Waals surface area contributed by atoms with Gasteiger partial charge in [-0.2, -0.15) is 0 Å². The van der Waals surface area contributed by atoms with Gasteiger partial charge in [-0.15, -0.1) is 0 Å². The van der Waals surface area contributed by atoms with E-state index in [1.807, 2.05) is 11.9 Å². The highest BCUT2D eigenvalue weighted by Gasteiger charge is 2.29. The predicted molar refractivity (Wildman–Crippen MR) is 111 cm³/mol. The molecule has 1 fully saturated rings. The Morgan fingerprint density at radius 3 is 2.61 bits per heavy atom. The third-order valence-electron chi connectivity index (χ3n) is 5.86. The second-order valence-corrected chi connectivity index (χ2v) is 7.87. The van der Waals surface area contributed by atoms with Gasteiger partial charge < -0.3 is 10.2 Å². The largest absolute Gasteiger partial charge is 0.357 e. The van der Waals surface area contributed by atoms with Crippen molar-refractivity contribution < 1.29 is 4.79 Å². The number of aromatic nitrogens is 2. The molecule has 4 rings (SSSR count). The van der Waals surface area contributed by atoms with Gasteiger partial charge in [-0.3, -0.25) is 9.69 Å². The lowest BCUT2D eigenvalue weighted by Gasteiger charge is -2.32. The molecule has 6 nitrogen and oxygen atoms in total. The summed E-state index contributed by atoms with van der Waals surface area (Å²) in [6.07, 6.45) is 3.02. The molecular weight excluding hydrogens is 350 g/mol. The highest BCUT2D eigenvalue weighted by molar-refractivity contribution is 5.94. The van der Waals surface area contributed by atoms with Crippen LogP contribution < -0.4 is 5.32 Å². The minimum Gasteiger partial charge on any atom is -0.357 e. The van der Waals surface area contributed by atoms with Gasteiger partial charge in [0.15, 0.2) is 0 Å². The Morgan fingerprint density at radius 2 is 1.89 bits per heavy atom. The molecule has 1 amide bonds. The molecule has 0 aliphatic carbocycles. The first-order valence-electron chi connectivity index (χ1n) is 10.3. The molecule has 1 aromatic carbocycles. The van der Waals surface area contributed by atoms with Gasteiger partial charge in [0, 0.05) is 51.8 Å². The van der Waals surface area contributed by atoms with E-state index in [2.05, 4.69) is 57.4 Å². The zero-order valence-corrected chi connectivity index (χ0v) is 16.8. The molecule has 1 aromatic heterocycles. The number of benzene rings is 1. The van der Waals surface area contributed by atoms with Gasteiger partial charge in [0.25, 0.3) is 5.91 Å².